The van der Waals surface area contributed by atoms with Crippen LogP contribution >= 0.6 is 0 Å². The maximum atomic E-state index is 13.4. The highest BCUT2D eigenvalue weighted by Crippen LogP contribution is 2.30. The molecule has 9 heteroatoms. The van der Waals surface area contributed by atoms with Crippen molar-refractivity contribution in [1.82, 2.24) is 19.9 Å². The van der Waals surface area contributed by atoms with Gasteiger partial charge in [0.25, 0.3) is 5.91 Å². The van der Waals surface area contributed by atoms with Crippen LogP contribution in [0, 0.1) is 0 Å². The Balaban J connectivity index is 1.49. The lowest BCUT2D eigenvalue weighted by atomic mass is 10.1. The van der Waals surface area contributed by atoms with Gasteiger partial charge in [-0.25, -0.2) is 9.97 Å². The number of ether oxygens (including phenoxy) is 3. The molecule has 2 aromatic heterocycles. The number of carbonyl (C=O) groups is 1. The first-order chi connectivity index (χ1) is 18.5. The molecule has 0 saturated carbocycles. The van der Waals surface area contributed by atoms with Crippen LogP contribution < -0.4 is 25.3 Å². The summed E-state index contributed by atoms with van der Waals surface area (Å²) in [6.07, 6.45) is 0.635. The van der Waals surface area contributed by atoms with Crippen LogP contribution in [0.4, 0.5) is 5.82 Å². The van der Waals surface area contributed by atoms with E-state index in [0.29, 0.717) is 59.1 Å². The average Bonchev–Trinajstić information content (AvgIpc) is 3.23. The first-order valence-electron chi connectivity index (χ1n) is 12.2. The van der Waals surface area contributed by atoms with Crippen molar-refractivity contribution in [3.05, 3.63) is 83.4 Å². The maximum absolute atomic E-state index is 13.4. The van der Waals surface area contributed by atoms with Crippen LogP contribution in [0.15, 0.2) is 66.7 Å². The third kappa shape index (κ3) is 4.78. The smallest absolute Gasteiger partial charge is 0.257 e. The highest BCUT2D eigenvalue weighted by molar-refractivity contribution is 6.10. The van der Waals surface area contributed by atoms with Gasteiger partial charge in [0.1, 0.15) is 22.6 Å². The van der Waals surface area contributed by atoms with Gasteiger partial charge >= 0.3 is 0 Å². The van der Waals surface area contributed by atoms with Crippen LogP contribution in [0.1, 0.15) is 21.5 Å². The number of amides is 1. The van der Waals surface area contributed by atoms with Crippen molar-refractivity contribution in [2.24, 2.45) is 0 Å². The van der Waals surface area contributed by atoms with Crippen LogP contribution in [0.25, 0.3) is 22.2 Å². The van der Waals surface area contributed by atoms with E-state index < -0.39 is 0 Å². The molecule has 0 bridgehead atoms. The van der Waals surface area contributed by atoms with E-state index in [1.807, 2.05) is 71.3 Å². The average molecular weight is 512 g/mol. The molecule has 5 aromatic rings. The van der Waals surface area contributed by atoms with Gasteiger partial charge in [0.2, 0.25) is 0 Å². The number of hydrogen-bond donors (Lipinski definition) is 2. The van der Waals surface area contributed by atoms with E-state index in [1.165, 1.54) is 0 Å². The van der Waals surface area contributed by atoms with Gasteiger partial charge in [0.15, 0.2) is 17.1 Å². The van der Waals surface area contributed by atoms with E-state index in [-0.39, 0.29) is 5.91 Å². The summed E-state index contributed by atoms with van der Waals surface area (Å²) >= 11 is 0. The predicted octanol–water partition coefficient (Wildman–Crippen LogP) is 4.37. The molecule has 38 heavy (non-hydrogen) atoms. The van der Waals surface area contributed by atoms with E-state index >= 15 is 0 Å². The van der Waals surface area contributed by atoms with Crippen molar-refractivity contribution in [1.29, 1.82) is 0 Å². The van der Waals surface area contributed by atoms with Gasteiger partial charge in [0.05, 0.1) is 32.4 Å². The second-order valence-electron chi connectivity index (χ2n) is 8.77. The van der Waals surface area contributed by atoms with Gasteiger partial charge in [-0.2, -0.15) is 0 Å². The first-order valence-corrected chi connectivity index (χ1v) is 12.2. The zero-order chi connectivity index (χ0) is 26.6. The number of nitrogens with zero attached hydrogens (tertiary/aromatic N) is 3. The normalized spacial score (nSPS) is 11.0. The second-order valence-corrected chi connectivity index (χ2v) is 8.77. The number of aryl methyl sites for hydroxylation is 2. The minimum absolute atomic E-state index is 0.308. The standard InChI is InChI=1S/C29H29N5O4/c1-36-20-11-8-19(9-12-20)17-31-29(35)25-26-28(33-22-7-5-4-6-21(22)32-26)34(27(25)30)15-14-18-10-13-23(37-2)24(16-18)38-3/h4-13,16H,14-15,17,30H2,1-3H3,(H,31,35). The number of anilines is 1. The van der Waals surface area contributed by atoms with Gasteiger partial charge in [-0.3, -0.25) is 4.79 Å². The van der Waals surface area contributed by atoms with E-state index in [2.05, 4.69) is 5.32 Å². The molecule has 0 fully saturated rings. The largest absolute Gasteiger partial charge is 0.497 e. The third-order valence-electron chi connectivity index (χ3n) is 6.50. The van der Waals surface area contributed by atoms with E-state index in [9.17, 15) is 4.79 Å². The molecule has 0 aliphatic rings. The number of para-hydroxylation sites is 2. The van der Waals surface area contributed by atoms with Gasteiger partial charge in [0, 0.05) is 13.1 Å². The maximum Gasteiger partial charge on any atom is 0.257 e. The highest BCUT2D eigenvalue weighted by atomic mass is 16.5. The summed E-state index contributed by atoms with van der Waals surface area (Å²) in [5.41, 5.74) is 11.4. The Kier molecular flexibility index (Phi) is 6.99. The van der Waals surface area contributed by atoms with Crippen molar-refractivity contribution in [2.45, 2.75) is 19.5 Å². The summed E-state index contributed by atoms with van der Waals surface area (Å²) in [5.74, 6) is 2.08. The summed E-state index contributed by atoms with van der Waals surface area (Å²) in [6.45, 7) is 0.832. The van der Waals surface area contributed by atoms with Crippen molar-refractivity contribution in [3.63, 3.8) is 0 Å². The van der Waals surface area contributed by atoms with E-state index in [0.717, 1.165) is 22.4 Å². The SMILES string of the molecule is COc1ccc(CNC(=O)c2c(N)n(CCc3ccc(OC)c(OC)c3)c3nc4ccccc4nc23)cc1. The summed E-state index contributed by atoms with van der Waals surface area (Å²) < 4.78 is 17.9. The summed E-state index contributed by atoms with van der Waals surface area (Å²) in [6, 6.07) is 20.9. The number of nitrogens with one attached hydrogen (secondary N) is 1. The van der Waals surface area contributed by atoms with Gasteiger partial charge < -0.3 is 29.8 Å². The molecule has 3 aromatic carbocycles. The molecular formula is C29H29N5O4. The molecule has 3 N–H and O–H groups in total. The Morgan fingerprint density at radius 2 is 1.55 bits per heavy atom. The first kappa shape index (κ1) is 24.9. The molecule has 1 amide bonds. The lowest BCUT2D eigenvalue weighted by Crippen LogP contribution is -2.24. The second kappa shape index (κ2) is 10.7. The van der Waals surface area contributed by atoms with Gasteiger partial charge in [-0.15, -0.1) is 0 Å². The van der Waals surface area contributed by atoms with E-state index in [4.69, 9.17) is 29.9 Å². The summed E-state index contributed by atoms with van der Waals surface area (Å²) in [7, 11) is 4.83. The molecule has 0 unspecified atom stereocenters. The number of nitrogen functional groups attached to an aromatic ring is 1. The molecule has 0 radical (unpaired) electrons. The number of hydrogen-bond acceptors (Lipinski definition) is 7. The fraction of sp³-hybridized carbons (Fsp3) is 0.207. The van der Waals surface area contributed by atoms with Crippen molar-refractivity contribution < 1.29 is 19.0 Å². The van der Waals surface area contributed by atoms with Crippen LogP contribution in [0.5, 0.6) is 17.2 Å². The lowest BCUT2D eigenvalue weighted by molar-refractivity contribution is 0.0953. The zero-order valence-corrected chi connectivity index (χ0v) is 21.5. The predicted molar refractivity (Wildman–Crippen MR) is 147 cm³/mol. The quantitative estimate of drug-likeness (QED) is 0.302. The number of rotatable bonds is 9. The highest BCUT2D eigenvalue weighted by Gasteiger charge is 2.24. The summed E-state index contributed by atoms with van der Waals surface area (Å²) in [4.78, 5) is 23.0. The molecule has 5 rings (SSSR count). The Labute approximate surface area is 220 Å². The number of fused-ring (bicyclic) bond motifs is 2. The third-order valence-corrected chi connectivity index (χ3v) is 6.50. The fourth-order valence-corrected chi connectivity index (χ4v) is 4.46. The molecule has 0 spiro atoms. The van der Waals surface area contributed by atoms with Crippen LogP contribution in [-0.4, -0.2) is 41.8 Å². The fourth-order valence-electron chi connectivity index (χ4n) is 4.46. The van der Waals surface area contributed by atoms with Crippen molar-refractivity contribution in [2.75, 3.05) is 27.1 Å². The van der Waals surface area contributed by atoms with Crippen LogP contribution in [0.3, 0.4) is 0 Å². The molecule has 0 aliphatic heterocycles. The Hall–Kier alpha value is -4.79. The molecule has 194 valence electrons. The monoisotopic (exact) mass is 511 g/mol. The molecule has 0 atom stereocenters. The number of nitrogens with two attached hydrogens (primary N) is 1. The minimum atomic E-state index is -0.308. The number of aromatic nitrogens is 3. The number of benzene rings is 3. The Bertz CT molecular complexity index is 1610. The lowest BCUT2D eigenvalue weighted by Gasteiger charge is -2.11. The minimum Gasteiger partial charge on any atom is -0.497 e. The molecular weight excluding hydrogens is 482 g/mol. The topological polar surface area (TPSA) is 114 Å². The van der Waals surface area contributed by atoms with E-state index in [1.54, 1.807) is 21.3 Å². The van der Waals surface area contributed by atoms with Crippen LogP contribution in [0.2, 0.25) is 0 Å². The van der Waals surface area contributed by atoms with Crippen LogP contribution in [-0.2, 0) is 19.5 Å². The molecule has 0 aliphatic carbocycles. The Morgan fingerprint density at radius 1 is 0.868 bits per heavy atom. The Morgan fingerprint density at radius 3 is 2.24 bits per heavy atom. The van der Waals surface area contributed by atoms with Crippen molar-refractivity contribution in [3.8, 4) is 17.2 Å². The number of methoxy groups -OCH3 is 3. The zero-order valence-electron chi connectivity index (χ0n) is 21.5. The van der Waals surface area contributed by atoms with Gasteiger partial charge in [-0.05, 0) is 53.9 Å². The molecule has 9 nitrogen and oxygen atoms in total. The van der Waals surface area contributed by atoms with Gasteiger partial charge in [-0.1, -0.05) is 30.3 Å². The summed E-state index contributed by atoms with van der Waals surface area (Å²) in [5, 5.41) is 2.98. The molecule has 2 heterocycles. The number of carbonyl (C=O) groups excluding carboxylic acids is 1. The molecule has 0 saturated heterocycles. The van der Waals surface area contributed by atoms with Crippen molar-refractivity contribution >= 4 is 33.9 Å².